The molecule has 0 saturated carbocycles. The largest absolute Gasteiger partial charge is 0.491 e. The van der Waals surface area contributed by atoms with E-state index in [0.717, 1.165) is 31.9 Å². The molecule has 1 aliphatic heterocycles. The maximum atomic E-state index is 12.1. The van der Waals surface area contributed by atoms with Gasteiger partial charge in [0.1, 0.15) is 5.75 Å². The van der Waals surface area contributed by atoms with Crippen molar-refractivity contribution in [2.75, 3.05) is 55.8 Å². The molecule has 0 unspecified atom stereocenters. The zero-order valence-electron chi connectivity index (χ0n) is 15.9. The molecule has 1 aliphatic rings. The summed E-state index contributed by atoms with van der Waals surface area (Å²) in [6.07, 6.45) is 1.05. The summed E-state index contributed by atoms with van der Waals surface area (Å²) in [6.45, 7) is 4.69. The Hall–Kier alpha value is -2.73. The predicted molar refractivity (Wildman–Crippen MR) is 110 cm³/mol. The number of rotatable bonds is 7. The Kier molecular flexibility index (Phi) is 6.54. The lowest BCUT2D eigenvalue weighted by Crippen LogP contribution is -2.44. The van der Waals surface area contributed by atoms with Crippen LogP contribution < -0.4 is 20.7 Å². The van der Waals surface area contributed by atoms with E-state index in [0.29, 0.717) is 30.9 Å². The number of piperazine rings is 1. The van der Waals surface area contributed by atoms with E-state index >= 15 is 0 Å². The van der Waals surface area contributed by atoms with Gasteiger partial charge in [0.15, 0.2) is 0 Å². The van der Waals surface area contributed by atoms with Crippen molar-refractivity contribution in [3.63, 3.8) is 0 Å². The Morgan fingerprint density at radius 3 is 2.48 bits per heavy atom. The van der Waals surface area contributed by atoms with Crippen molar-refractivity contribution >= 4 is 23.0 Å². The van der Waals surface area contributed by atoms with Crippen molar-refractivity contribution < 1.29 is 9.53 Å². The molecule has 0 spiro atoms. The van der Waals surface area contributed by atoms with E-state index < -0.39 is 0 Å². The lowest BCUT2D eigenvalue weighted by atomic mass is 10.2. The van der Waals surface area contributed by atoms with Crippen molar-refractivity contribution in [3.8, 4) is 5.75 Å². The summed E-state index contributed by atoms with van der Waals surface area (Å²) in [5, 5.41) is 2.94. The van der Waals surface area contributed by atoms with Crippen LogP contribution in [-0.4, -0.2) is 50.6 Å². The molecule has 0 aliphatic carbocycles. The monoisotopic (exact) mass is 368 g/mol. The van der Waals surface area contributed by atoms with Crippen LogP contribution in [0.3, 0.4) is 0 Å². The van der Waals surface area contributed by atoms with Crippen LogP contribution in [0.2, 0.25) is 0 Å². The molecule has 3 rings (SSSR count). The third-order valence-electron chi connectivity index (χ3n) is 4.74. The summed E-state index contributed by atoms with van der Waals surface area (Å²) in [4.78, 5) is 16.8. The lowest BCUT2D eigenvalue weighted by Gasteiger charge is -2.34. The molecule has 0 bridgehead atoms. The van der Waals surface area contributed by atoms with Crippen molar-refractivity contribution in [1.82, 2.24) is 4.90 Å². The van der Waals surface area contributed by atoms with Gasteiger partial charge in [0, 0.05) is 44.0 Å². The van der Waals surface area contributed by atoms with Gasteiger partial charge in [-0.25, -0.2) is 0 Å². The molecule has 1 amide bonds. The van der Waals surface area contributed by atoms with Crippen molar-refractivity contribution in [3.05, 3.63) is 48.5 Å². The van der Waals surface area contributed by atoms with Gasteiger partial charge >= 0.3 is 0 Å². The Morgan fingerprint density at radius 2 is 1.78 bits per heavy atom. The van der Waals surface area contributed by atoms with Crippen molar-refractivity contribution in [1.29, 1.82) is 0 Å². The molecule has 27 heavy (non-hydrogen) atoms. The number of ether oxygens (including phenoxy) is 1. The topological polar surface area (TPSA) is 70.8 Å². The molecule has 144 valence electrons. The van der Waals surface area contributed by atoms with E-state index in [1.165, 1.54) is 5.69 Å². The van der Waals surface area contributed by atoms with Gasteiger partial charge in [-0.3, -0.25) is 4.79 Å². The fourth-order valence-electron chi connectivity index (χ4n) is 3.07. The molecule has 1 heterocycles. The Balaban J connectivity index is 1.39. The highest BCUT2D eigenvalue weighted by Gasteiger charge is 2.14. The molecule has 6 nitrogen and oxygen atoms in total. The molecular weight excluding hydrogens is 340 g/mol. The number of para-hydroxylation sites is 2. The zero-order valence-corrected chi connectivity index (χ0v) is 15.9. The van der Waals surface area contributed by atoms with Gasteiger partial charge in [-0.2, -0.15) is 0 Å². The minimum atomic E-state index is -0.00743. The van der Waals surface area contributed by atoms with Gasteiger partial charge in [-0.15, -0.1) is 0 Å². The SMILES string of the molecule is CN1CCN(c2ccc(NC(=O)CCCOc3ccccc3N)cc2)CC1. The highest BCUT2D eigenvalue weighted by molar-refractivity contribution is 5.90. The van der Waals surface area contributed by atoms with E-state index in [1.54, 1.807) is 6.07 Å². The van der Waals surface area contributed by atoms with E-state index in [9.17, 15) is 4.79 Å². The molecule has 2 aromatic rings. The number of likely N-dealkylation sites (N-methyl/N-ethyl adjacent to an activating group) is 1. The zero-order chi connectivity index (χ0) is 19.1. The number of nitrogens with one attached hydrogen (secondary N) is 1. The van der Waals surface area contributed by atoms with Crippen LogP contribution >= 0.6 is 0 Å². The second-order valence-corrected chi connectivity index (χ2v) is 6.88. The fourth-order valence-corrected chi connectivity index (χ4v) is 3.07. The highest BCUT2D eigenvalue weighted by Crippen LogP contribution is 2.21. The number of nitrogens with two attached hydrogens (primary N) is 1. The maximum Gasteiger partial charge on any atom is 0.224 e. The first-order chi connectivity index (χ1) is 13.1. The van der Waals surface area contributed by atoms with E-state index in [2.05, 4.69) is 34.3 Å². The summed E-state index contributed by atoms with van der Waals surface area (Å²) in [5.74, 6) is 0.657. The van der Waals surface area contributed by atoms with Crippen LogP contribution in [0.5, 0.6) is 5.75 Å². The second kappa shape index (κ2) is 9.28. The summed E-state index contributed by atoms with van der Waals surface area (Å²) in [5.41, 5.74) is 8.47. The Labute approximate surface area is 160 Å². The number of amides is 1. The second-order valence-electron chi connectivity index (χ2n) is 6.88. The summed E-state index contributed by atoms with van der Waals surface area (Å²) < 4.78 is 5.61. The molecule has 6 heteroatoms. The van der Waals surface area contributed by atoms with Crippen molar-refractivity contribution in [2.24, 2.45) is 0 Å². The smallest absolute Gasteiger partial charge is 0.224 e. The average molecular weight is 368 g/mol. The Bertz CT molecular complexity index is 740. The first-order valence-corrected chi connectivity index (χ1v) is 9.42. The lowest BCUT2D eigenvalue weighted by molar-refractivity contribution is -0.116. The number of anilines is 3. The first kappa shape index (κ1) is 19.0. The number of hydrogen-bond donors (Lipinski definition) is 2. The maximum absolute atomic E-state index is 12.1. The van der Waals surface area contributed by atoms with Gasteiger partial charge in [0.2, 0.25) is 5.91 Å². The number of carbonyl (C=O) groups is 1. The van der Waals surface area contributed by atoms with E-state index in [1.807, 2.05) is 30.3 Å². The predicted octanol–water partition coefficient (Wildman–Crippen LogP) is 2.82. The van der Waals surface area contributed by atoms with Crippen LogP contribution in [0.15, 0.2) is 48.5 Å². The third kappa shape index (κ3) is 5.62. The quantitative estimate of drug-likeness (QED) is 0.581. The van der Waals surface area contributed by atoms with Gasteiger partial charge in [0.05, 0.1) is 12.3 Å². The van der Waals surface area contributed by atoms with Gasteiger partial charge in [-0.05, 0) is 49.9 Å². The van der Waals surface area contributed by atoms with Gasteiger partial charge < -0.3 is 25.6 Å². The van der Waals surface area contributed by atoms with Crippen LogP contribution in [-0.2, 0) is 4.79 Å². The number of benzene rings is 2. The molecule has 0 radical (unpaired) electrons. The van der Waals surface area contributed by atoms with Crippen LogP contribution in [0, 0.1) is 0 Å². The number of carbonyl (C=O) groups excluding carboxylic acids is 1. The van der Waals surface area contributed by atoms with Crippen molar-refractivity contribution in [2.45, 2.75) is 12.8 Å². The van der Waals surface area contributed by atoms with Gasteiger partial charge in [0.25, 0.3) is 0 Å². The minimum Gasteiger partial charge on any atom is -0.491 e. The molecule has 0 aromatic heterocycles. The van der Waals surface area contributed by atoms with E-state index in [4.69, 9.17) is 10.5 Å². The standard InChI is InChI=1S/C21H28N4O2/c1-24-12-14-25(15-13-24)18-10-8-17(9-11-18)23-21(26)7-4-16-27-20-6-3-2-5-19(20)22/h2-3,5-6,8-11H,4,7,12-16,22H2,1H3,(H,23,26). The van der Waals surface area contributed by atoms with Crippen LogP contribution in [0.1, 0.15) is 12.8 Å². The van der Waals surface area contributed by atoms with Crippen LogP contribution in [0.25, 0.3) is 0 Å². The first-order valence-electron chi connectivity index (χ1n) is 9.42. The molecule has 0 atom stereocenters. The molecule has 1 fully saturated rings. The third-order valence-corrected chi connectivity index (χ3v) is 4.74. The number of hydrogen-bond acceptors (Lipinski definition) is 5. The number of nitrogens with zero attached hydrogens (tertiary/aromatic N) is 2. The molecule has 2 aromatic carbocycles. The average Bonchev–Trinajstić information content (AvgIpc) is 2.68. The summed E-state index contributed by atoms with van der Waals surface area (Å²) in [7, 11) is 2.15. The number of nitrogen functional groups attached to an aromatic ring is 1. The summed E-state index contributed by atoms with van der Waals surface area (Å²) in [6, 6.07) is 15.4. The molecule has 1 saturated heterocycles. The highest BCUT2D eigenvalue weighted by atomic mass is 16.5. The minimum absolute atomic E-state index is 0.00743. The van der Waals surface area contributed by atoms with Gasteiger partial charge in [-0.1, -0.05) is 12.1 Å². The van der Waals surface area contributed by atoms with Crippen LogP contribution in [0.4, 0.5) is 17.1 Å². The Morgan fingerprint density at radius 1 is 1.07 bits per heavy atom. The fraction of sp³-hybridized carbons (Fsp3) is 0.381. The normalized spacial score (nSPS) is 14.8. The summed E-state index contributed by atoms with van der Waals surface area (Å²) >= 11 is 0. The van der Waals surface area contributed by atoms with E-state index in [-0.39, 0.29) is 5.91 Å². The molecular formula is C21H28N4O2. The molecule has 3 N–H and O–H groups in total.